The van der Waals surface area contributed by atoms with Crippen LogP contribution in [0.1, 0.15) is 36.5 Å². The smallest absolute Gasteiger partial charge is 0.267 e. The fourth-order valence-electron chi connectivity index (χ4n) is 2.64. The van der Waals surface area contributed by atoms with Crippen LogP contribution < -0.4 is 5.32 Å². The van der Waals surface area contributed by atoms with Gasteiger partial charge in [0.1, 0.15) is 4.32 Å². The molecular formula is C21H21ClN2OS2. The van der Waals surface area contributed by atoms with Crippen molar-refractivity contribution in [2.75, 3.05) is 12.0 Å². The molecule has 2 aromatic rings. The van der Waals surface area contributed by atoms with E-state index in [1.165, 1.54) is 17.3 Å². The highest BCUT2D eigenvalue weighted by atomic mass is 35.5. The highest BCUT2D eigenvalue weighted by Gasteiger charge is 2.31. The summed E-state index contributed by atoms with van der Waals surface area (Å²) >= 11 is 12.9. The number of aryl methyl sites for hydroxylation is 1. The van der Waals surface area contributed by atoms with Crippen molar-refractivity contribution in [2.24, 2.45) is 0 Å². The maximum atomic E-state index is 12.7. The number of nitrogens with one attached hydrogen (secondary N) is 1. The number of halogens is 1. The lowest BCUT2D eigenvalue weighted by Gasteiger charge is -2.16. The number of rotatable bonds is 5. The van der Waals surface area contributed by atoms with Gasteiger partial charge in [0.2, 0.25) is 0 Å². The van der Waals surface area contributed by atoms with E-state index in [4.69, 9.17) is 23.8 Å². The molecule has 27 heavy (non-hydrogen) atoms. The number of hydrogen-bond donors (Lipinski definition) is 1. The number of carbonyl (C=O) groups is 1. The van der Waals surface area contributed by atoms with Gasteiger partial charge in [-0.1, -0.05) is 79.8 Å². The number of thiocarbonyl (C=S) groups is 1. The molecule has 0 radical (unpaired) electrons. The number of thioether (sulfide) groups is 1. The SMILES string of the molecule is Cc1ccc(NCN2C(=O)/C(=C\c3ccc(C(C)C)cc3)SC2=S)cc1Cl. The van der Waals surface area contributed by atoms with Crippen LogP contribution in [-0.4, -0.2) is 21.8 Å². The Morgan fingerprint density at radius 3 is 2.56 bits per heavy atom. The molecule has 0 aromatic heterocycles. The van der Waals surface area contributed by atoms with Crippen LogP contribution >= 0.6 is 35.6 Å². The fraction of sp³-hybridized carbons (Fsp3) is 0.238. The van der Waals surface area contributed by atoms with Crippen molar-refractivity contribution >= 4 is 57.6 Å². The summed E-state index contributed by atoms with van der Waals surface area (Å²) in [5.41, 5.74) is 4.14. The Labute approximate surface area is 174 Å². The Balaban J connectivity index is 1.69. The summed E-state index contributed by atoms with van der Waals surface area (Å²) in [5, 5.41) is 3.90. The first-order valence-electron chi connectivity index (χ1n) is 8.70. The van der Waals surface area contributed by atoms with Gasteiger partial charge in [0.25, 0.3) is 5.91 Å². The lowest BCUT2D eigenvalue weighted by molar-refractivity contribution is -0.121. The van der Waals surface area contributed by atoms with Crippen molar-refractivity contribution in [3.63, 3.8) is 0 Å². The predicted molar refractivity (Wildman–Crippen MR) is 120 cm³/mol. The van der Waals surface area contributed by atoms with Gasteiger partial charge in [-0.05, 0) is 47.7 Å². The van der Waals surface area contributed by atoms with Crippen LogP contribution in [0.25, 0.3) is 6.08 Å². The molecule has 1 N–H and O–H groups in total. The summed E-state index contributed by atoms with van der Waals surface area (Å²) < 4.78 is 0.552. The van der Waals surface area contributed by atoms with Gasteiger partial charge in [-0.25, -0.2) is 0 Å². The summed E-state index contributed by atoms with van der Waals surface area (Å²) in [6.45, 7) is 6.59. The van der Waals surface area contributed by atoms with E-state index in [9.17, 15) is 4.79 Å². The second-order valence-electron chi connectivity index (χ2n) is 6.73. The number of hydrogen-bond acceptors (Lipinski definition) is 4. The highest BCUT2D eigenvalue weighted by Crippen LogP contribution is 2.32. The average molecular weight is 417 g/mol. The van der Waals surface area contributed by atoms with E-state index in [1.807, 2.05) is 43.3 Å². The van der Waals surface area contributed by atoms with Crippen LogP contribution in [0, 0.1) is 6.92 Å². The van der Waals surface area contributed by atoms with Gasteiger partial charge in [0, 0.05) is 10.7 Å². The summed E-state index contributed by atoms with van der Waals surface area (Å²) in [4.78, 5) is 14.9. The summed E-state index contributed by atoms with van der Waals surface area (Å²) in [7, 11) is 0. The van der Waals surface area contributed by atoms with Gasteiger partial charge >= 0.3 is 0 Å². The Bertz CT molecular complexity index is 907. The molecule has 1 fully saturated rings. The Kier molecular flexibility index (Phi) is 6.25. The molecule has 1 saturated heterocycles. The normalized spacial score (nSPS) is 15.9. The molecule has 2 aromatic carbocycles. The second kappa shape index (κ2) is 8.46. The zero-order chi connectivity index (χ0) is 19.6. The molecular weight excluding hydrogens is 396 g/mol. The minimum Gasteiger partial charge on any atom is -0.367 e. The van der Waals surface area contributed by atoms with Crippen LogP contribution in [0.4, 0.5) is 5.69 Å². The molecule has 1 aliphatic rings. The molecule has 0 aliphatic carbocycles. The minimum absolute atomic E-state index is 0.0800. The van der Waals surface area contributed by atoms with E-state index in [0.29, 0.717) is 26.8 Å². The largest absolute Gasteiger partial charge is 0.367 e. The molecule has 1 amide bonds. The number of amides is 1. The average Bonchev–Trinajstić information content (AvgIpc) is 2.90. The first-order valence-corrected chi connectivity index (χ1v) is 10.3. The third kappa shape index (κ3) is 4.72. The molecule has 0 atom stereocenters. The third-order valence-electron chi connectivity index (χ3n) is 4.39. The first-order chi connectivity index (χ1) is 12.8. The van der Waals surface area contributed by atoms with Crippen LogP contribution in [0.5, 0.6) is 0 Å². The molecule has 0 spiro atoms. The number of nitrogens with zero attached hydrogens (tertiary/aromatic N) is 1. The maximum Gasteiger partial charge on any atom is 0.267 e. The van der Waals surface area contributed by atoms with Gasteiger partial charge in [-0.3, -0.25) is 9.69 Å². The molecule has 0 unspecified atom stereocenters. The minimum atomic E-state index is -0.0800. The topological polar surface area (TPSA) is 32.3 Å². The van der Waals surface area contributed by atoms with Gasteiger partial charge in [-0.2, -0.15) is 0 Å². The van der Waals surface area contributed by atoms with Crippen LogP contribution in [0.15, 0.2) is 47.4 Å². The monoisotopic (exact) mass is 416 g/mol. The van der Waals surface area contributed by atoms with E-state index in [0.717, 1.165) is 16.8 Å². The van der Waals surface area contributed by atoms with Crippen molar-refractivity contribution in [1.82, 2.24) is 4.90 Å². The lowest BCUT2D eigenvalue weighted by atomic mass is 10.0. The van der Waals surface area contributed by atoms with Crippen LogP contribution in [-0.2, 0) is 4.79 Å². The zero-order valence-corrected chi connectivity index (χ0v) is 17.8. The van der Waals surface area contributed by atoms with E-state index in [2.05, 4.69) is 31.3 Å². The summed E-state index contributed by atoms with van der Waals surface area (Å²) in [5.74, 6) is 0.405. The summed E-state index contributed by atoms with van der Waals surface area (Å²) in [6.07, 6.45) is 1.89. The molecule has 140 valence electrons. The lowest BCUT2D eigenvalue weighted by Crippen LogP contribution is -2.33. The predicted octanol–water partition coefficient (Wildman–Crippen LogP) is 6.04. The van der Waals surface area contributed by atoms with Crippen molar-refractivity contribution in [1.29, 1.82) is 0 Å². The highest BCUT2D eigenvalue weighted by molar-refractivity contribution is 8.26. The Morgan fingerprint density at radius 1 is 1.22 bits per heavy atom. The van der Waals surface area contributed by atoms with Gasteiger partial charge in [0.15, 0.2) is 0 Å². The number of benzene rings is 2. The van der Waals surface area contributed by atoms with E-state index in [1.54, 1.807) is 4.90 Å². The van der Waals surface area contributed by atoms with Crippen molar-refractivity contribution < 1.29 is 4.79 Å². The van der Waals surface area contributed by atoms with E-state index in [-0.39, 0.29) is 5.91 Å². The van der Waals surface area contributed by atoms with E-state index < -0.39 is 0 Å². The van der Waals surface area contributed by atoms with E-state index >= 15 is 0 Å². The molecule has 1 aliphatic heterocycles. The van der Waals surface area contributed by atoms with Crippen LogP contribution in [0.3, 0.4) is 0 Å². The molecule has 3 rings (SSSR count). The quantitative estimate of drug-likeness (QED) is 0.475. The Morgan fingerprint density at radius 2 is 1.93 bits per heavy atom. The van der Waals surface area contributed by atoms with Crippen molar-refractivity contribution in [2.45, 2.75) is 26.7 Å². The van der Waals surface area contributed by atoms with Crippen LogP contribution in [0.2, 0.25) is 5.02 Å². The third-order valence-corrected chi connectivity index (χ3v) is 6.17. The standard InChI is InChI=1S/C21H21ClN2OS2/c1-13(2)16-7-5-15(6-8-16)10-19-20(25)24(21(26)27-19)12-23-17-9-4-14(3)18(22)11-17/h4-11,13,23H,12H2,1-3H3/b19-10+. The molecule has 6 heteroatoms. The van der Waals surface area contributed by atoms with Gasteiger partial charge in [-0.15, -0.1) is 0 Å². The zero-order valence-electron chi connectivity index (χ0n) is 15.5. The molecule has 3 nitrogen and oxygen atoms in total. The molecule has 1 heterocycles. The molecule has 0 saturated carbocycles. The Hall–Kier alpha value is -1.82. The summed E-state index contributed by atoms with van der Waals surface area (Å²) in [6, 6.07) is 14.0. The number of anilines is 1. The second-order valence-corrected chi connectivity index (χ2v) is 8.81. The molecule has 0 bridgehead atoms. The number of carbonyl (C=O) groups excluding carboxylic acids is 1. The van der Waals surface area contributed by atoms with Crippen molar-refractivity contribution in [3.8, 4) is 0 Å². The van der Waals surface area contributed by atoms with Crippen molar-refractivity contribution in [3.05, 3.63) is 69.1 Å². The maximum absolute atomic E-state index is 12.7. The first kappa shape index (κ1) is 19.9. The van der Waals surface area contributed by atoms with Gasteiger partial charge < -0.3 is 5.32 Å². The fourth-order valence-corrected chi connectivity index (χ4v) is 4.07. The van der Waals surface area contributed by atoms with Gasteiger partial charge in [0.05, 0.1) is 11.6 Å².